The highest BCUT2D eigenvalue weighted by atomic mass is 16.7. The summed E-state index contributed by atoms with van der Waals surface area (Å²) in [5.41, 5.74) is -0.385. The van der Waals surface area contributed by atoms with E-state index in [1.54, 1.807) is 0 Å². The van der Waals surface area contributed by atoms with Crippen LogP contribution in [-0.2, 0) is 14.2 Å². The molecule has 0 saturated carbocycles. The van der Waals surface area contributed by atoms with Gasteiger partial charge in [0.1, 0.15) is 54.1 Å². The van der Waals surface area contributed by atoms with Crippen molar-refractivity contribution in [1.82, 2.24) is 0 Å². The molecular formula is C29H34O16. The Labute approximate surface area is 255 Å². The summed E-state index contributed by atoms with van der Waals surface area (Å²) in [6, 6.07) is 7.20. The third-order valence-electron chi connectivity index (χ3n) is 7.63. The Kier molecular flexibility index (Phi) is 9.68. The van der Waals surface area contributed by atoms with Crippen LogP contribution in [0.3, 0.4) is 0 Å². The largest absolute Gasteiger partial charge is 0.502 e. The van der Waals surface area contributed by atoms with Gasteiger partial charge in [0.15, 0.2) is 23.5 Å². The predicted molar refractivity (Wildman–Crippen MR) is 150 cm³/mol. The van der Waals surface area contributed by atoms with E-state index >= 15 is 0 Å². The van der Waals surface area contributed by atoms with E-state index in [0.717, 1.165) is 0 Å². The smallest absolute Gasteiger partial charge is 0.235 e. The molecule has 0 amide bonds. The number of fused-ring (bicyclic) bond motifs is 1. The number of phenols is 1. The van der Waals surface area contributed by atoms with Crippen molar-refractivity contribution in [2.75, 3.05) is 34.5 Å². The molecule has 3 heterocycles. The predicted octanol–water partition coefficient (Wildman–Crippen LogP) is -1.17. The number of aromatic hydroxyl groups is 1. The Hall–Kier alpha value is -3.71. The van der Waals surface area contributed by atoms with Crippen molar-refractivity contribution in [2.24, 2.45) is 0 Å². The van der Waals surface area contributed by atoms with Crippen molar-refractivity contribution in [2.45, 2.75) is 55.3 Å². The molecule has 45 heavy (non-hydrogen) atoms. The van der Waals surface area contributed by atoms with Crippen molar-refractivity contribution in [3.8, 4) is 40.1 Å². The Balaban J connectivity index is 1.47. The molecule has 2 fully saturated rings. The standard InChI is InChI=1S/C29H34O16/c1-38-12-4-5-13-14(8-12)42-26(11-6-15(39-2)20(32)16(7-11)40-3)27(19(13)31)45-28-24(36)22(34)18(10-41-28)44-29-25(37)23(35)21(33)17(9-30)43-29/h4-8,17-18,21-25,28-30,32-37H,9-10H2,1-3H3. The molecule has 246 valence electrons. The lowest BCUT2D eigenvalue weighted by atomic mass is 9.99. The summed E-state index contributed by atoms with van der Waals surface area (Å²) in [6.07, 6.45) is -14.5. The minimum Gasteiger partial charge on any atom is -0.502 e. The van der Waals surface area contributed by atoms with Gasteiger partial charge >= 0.3 is 0 Å². The zero-order valence-electron chi connectivity index (χ0n) is 24.3. The maximum atomic E-state index is 13.8. The maximum absolute atomic E-state index is 13.8. The Morgan fingerprint density at radius 1 is 0.844 bits per heavy atom. The van der Waals surface area contributed by atoms with Crippen molar-refractivity contribution < 1.29 is 73.3 Å². The Morgan fingerprint density at radius 3 is 2.13 bits per heavy atom. The highest BCUT2D eigenvalue weighted by Crippen LogP contribution is 2.43. The average molecular weight is 639 g/mol. The van der Waals surface area contributed by atoms with Crippen LogP contribution < -0.4 is 24.4 Å². The van der Waals surface area contributed by atoms with E-state index in [1.807, 2.05) is 0 Å². The zero-order chi connectivity index (χ0) is 32.6. The molecule has 2 saturated heterocycles. The van der Waals surface area contributed by atoms with E-state index in [9.17, 15) is 40.5 Å². The summed E-state index contributed by atoms with van der Waals surface area (Å²) in [4.78, 5) is 13.8. The van der Waals surface area contributed by atoms with Crippen LogP contribution in [0.15, 0.2) is 39.5 Å². The SMILES string of the molecule is COc1ccc2c(=O)c(OC3OCC(OC4OC(CO)C(O)C(O)C4O)C(O)C3O)c(-c3cc(OC)c(O)c(OC)c3)oc2c1. The second-order valence-electron chi connectivity index (χ2n) is 10.4. The van der Waals surface area contributed by atoms with Gasteiger partial charge < -0.3 is 73.3 Å². The molecule has 16 heteroatoms. The lowest BCUT2D eigenvalue weighted by Crippen LogP contribution is -2.62. The van der Waals surface area contributed by atoms with Crippen LogP contribution in [0, 0.1) is 0 Å². The number of aliphatic hydroxyl groups excluding tert-OH is 6. The number of methoxy groups -OCH3 is 3. The van der Waals surface area contributed by atoms with Crippen LogP contribution in [0.1, 0.15) is 0 Å². The number of benzene rings is 2. The summed E-state index contributed by atoms with van der Waals surface area (Å²) in [7, 11) is 4.07. The average Bonchev–Trinajstić information content (AvgIpc) is 3.05. The first kappa shape index (κ1) is 32.7. The van der Waals surface area contributed by atoms with Crippen LogP contribution in [0.4, 0.5) is 0 Å². The van der Waals surface area contributed by atoms with Gasteiger partial charge in [-0.15, -0.1) is 0 Å². The fourth-order valence-electron chi connectivity index (χ4n) is 5.06. The molecule has 7 N–H and O–H groups in total. The van der Waals surface area contributed by atoms with Gasteiger partial charge in [-0.3, -0.25) is 4.79 Å². The number of hydrogen-bond donors (Lipinski definition) is 7. The number of ether oxygens (including phenoxy) is 7. The molecule has 2 aromatic carbocycles. The number of aliphatic hydroxyl groups is 6. The van der Waals surface area contributed by atoms with Gasteiger partial charge in [0.25, 0.3) is 0 Å². The first-order chi connectivity index (χ1) is 21.5. The lowest BCUT2D eigenvalue weighted by molar-refractivity contribution is -0.338. The first-order valence-electron chi connectivity index (χ1n) is 13.7. The zero-order valence-corrected chi connectivity index (χ0v) is 24.3. The topological polar surface area (TPSA) is 236 Å². The quantitative estimate of drug-likeness (QED) is 0.146. The molecule has 9 atom stereocenters. The molecule has 3 aromatic rings. The molecule has 0 aliphatic carbocycles. The minimum absolute atomic E-state index is 0.0127. The summed E-state index contributed by atoms with van der Waals surface area (Å²) >= 11 is 0. The number of phenolic OH excluding ortho intramolecular Hbond substituents is 1. The third-order valence-corrected chi connectivity index (χ3v) is 7.63. The Morgan fingerprint density at radius 2 is 1.51 bits per heavy atom. The van der Waals surface area contributed by atoms with Crippen molar-refractivity contribution in [3.63, 3.8) is 0 Å². The lowest BCUT2D eigenvalue weighted by Gasteiger charge is -2.43. The molecular weight excluding hydrogens is 604 g/mol. The summed E-state index contributed by atoms with van der Waals surface area (Å²) in [6.45, 7) is -1.15. The van der Waals surface area contributed by atoms with Gasteiger partial charge in [0.05, 0.1) is 39.9 Å². The molecule has 2 aliphatic rings. The molecule has 2 aliphatic heterocycles. The maximum Gasteiger partial charge on any atom is 0.235 e. The van der Waals surface area contributed by atoms with Gasteiger partial charge in [-0.1, -0.05) is 0 Å². The fraction of sp³-hybridized carbons (Fsp3) is 0.483. The highest BCUT2D eigenvalue weighted by Gasteiger charge is 2.48. The van der Waals surface area contributed by atoms with Crippen LogP contribution in [-0.4, -0.2) is 126 Å². The molecule has 1 aromatic heterocycles. The number of rotatable bonds is 9. The van der Waals surface area contributed by atoms with Crippen LogP contribution in [0.25, 0.3) is 22.3 Å². The van der Waals surface area contributed by atoms with Crippen molar-refractivity contribution in [3.05, 3.63) is 40.6 Å². The van der Waals surface area contributed by atoms with E-state index in [0.29, 0.717) is 5.75 Å². The van der Waals surface area contributed by atoms with E-state index in [2.05, 4.69) is 0 Å². The van der Waals surface area contributed by atoms with Gasteiger partial charge in [0.2, 0.25) is 23.2 Å². The van der Waals surface area contributed by atoms with Gasteiger partial charge in [-0.05, 0) is 24.3 Å². The molecule has 16 nitrogen and oxygen atoms in total. The fourth-order valence-corrected chi connectivity index (χ4v) is 5.06. The van der Waals surface area contributed by atoms with Crippen molar-refractivity contribution in [1.29, 1.82) is 0 Å². The van der Waals surface area contributed by atoms with E-state index < -0.39 is 79.7 Å². The van der Waals surface area contributed by atoms with Crippen LogP contribution in [0.2, 0.25) is 0 Å². The molecule has 0 radical (unpaired) electrons. The molecule has 0 bridgehead atoms. The highest BCUT2D eigenvalue weighted by molar-refractivity contribution is 5.84. The molecule has 5 rings (SSSR count). The second kappa shape index (κ2) is 13.3. The normalized spacial score (nSPS) is 30.2. The minimum atomic E-state index is -1.84. The molecule has 0 spiro atoms. The first-order valence-corrected chi connectivity index (χ1v) is 13.7. The number of hydrogen-bond acceptors (Lipinski definition) is 16. The van der Waals surface area contributed by atoms with Crippen LogP contribution in [0.5, 0.6) is 28.7 Å². The van der Waals surface area contributed by atoms with Crippen molar-refractivity contribution >= 4 is 11.0 Å². The van der Waals surface area contributed by atoms with Crippen LogP contribution >= 0.6 is 0 Å². The second-order valence-corrected chi connectivity index (χ2v) is 10.4. The van der Waals surface area contributed by atoms with E-state index in [1.165, 1.54) is 51.7 Å². The van der Waals surface area contributed by atoms with Gasteiger partial charge in [-0.25, -0.2) is 0 Å². The van der Waals surface area contributed by atoms with E-state index in [-0.39, 0.29) is 39.5 Å². The summed E-state index contributed by atoms with van der Waals surface area (Å²) in [5.74, 6) is -0.529. The van der Waals surface area contributed by atoms with Gasteiger partial charge in [-0.2, -0.15) is 0 Å². The molecule has 9 unspecified atom stereocenters. The monoisotopic (exact) mass is 638 g/mol. The third kappa shape index (κ3) is 6.11. The summed E-state index contributed by atoms with van der Waals surface area (Å²) in [5, 5.41) is 72.1. The summed E-state index contributed by atoms with van der Waals surface area (Å²) < 4.78 is 44.1. The Bertz CT molecular complexity index is 1530. The van der Waals surface area contributed by atoms with E-state index in [4.69, 9.17) is 37.6 Å². The van der Waals surface area contributed by atoms with Gasteiger partial charge in [0, 0.05) is 11.6 Å².